The van der Waals surface area contributed by atoms with Gasteiger partial charge >= 0.3 is 6.36 Å². The second-order valence-electron chi connectivity index (χ2n) is 6.96. The summed E-state index contributed by atoms with van der Waals surface area (Å²) in [5, 5.41) is 2.67. The molecule has 2 heterocycles. The van der Waals surface area contributed by atoms with Gasteiger partial charge in [0.25, 0.3) is 11.1 Å². The summed E-state index contributed by atoms with van der Waals surface area (Å²) in [6, 6.07) is 9.16. The molecule has 0 bridgehead atoms. The van der Waals surface area contributed by atoms with Gasteiger partial charge in [0.1, 0.15) is 17.1 Å². The van der Waals surface area contributed by atoms with Crippen LogP contribution in [-0.2, 0) is 7.05 Å². The molecule has 0 aliphatic heterocycles. The number of hydrogen-bond acceptors (Lipinski definition) is 5. The van der Waals surface area contributed by atoms with Crippen molar-refractivity contribution in [2.45, 2.75) is 13.3 Å². The van der Waals surface area contributed by atoms with Crippen molar-refractivity contribution in [1.82, 2.24) is 19.3 Å². The average molecular weight is 444 g/mol. The molecule has 0 atom stereocenters. The summed E-state index contributed by atoms with van der Waals surface area (Å²) in [6.45, 7) is 1.53. The highest BCUT2D eigenvalue weighted by molar-refractivity contribution is 6.10. The second-order valence-corrected chi connectivity index (χ2v) is 6.96. The largest absolute Gasteiger partial charge is 0.573 e. The third kappa shape index (κ3) is 3.80. The maximum atomic E-state index is 13.2. The van der Waals surface area contributed by atoms with Crippen LogP contribution in [0, 0.1) is 6.92 Å². The molecule has 164 valence electrons. The lowest BCUT2D eigenvalue weighted by Gasteiger charge is -2.13. The predicted octanol–water partition coefficient (Wildman–Crippen LogP) is 2.85. The van der Waals surface area contributed by atoms with Crippen molar-refractivity contribution in [3.63, 3.8) is 0 Å². The van der Waals surface area contributed by atoms with E-state index in [2.05, 4.69) is 14.8 Å². The summed E-state index contributed by atoms with van der Waals surface area (Å²) in [4.78, 5) is 42.4. The first-order valence-corrected chi connectivity index (χ1v) is 9.24. The number of H-pyrrole nitrogens is 1. The van der Waals surface area contributed by atoms with Gasteiger partial charge in [-0.25, -0.2) is 4.98 Å². The molecule has 2 aromatic carbocycles. The number of nitrogens with zero attached hydrogens (tertiary/aromatic N) is 3. The van der Waals surface area contributed by atoms with Crippen molar-refractivity contribution in [3.05, 3.63) is 86.3 Å². The number of carbonyl (C=O) groups is 1. The van der Waals surface area contributed by atoms with Gasteiger partial charge in [0.05, 0.1) is 16.6 Å². The van der Waals surface area contributed by atoms with Gasteiger partial charge in [-0.15, -0.1) is 13.2 Å². The van der Waals surface area contributed by atoms with Crippen LogP contribution in [0.2, 0.25) is 0 Å². The Morgan fingerprint density at radius 1 is 1.09 bits per heavy atom. The van der Waals surface area contributed by atoms with Crippen molar-refractivity contribution in [1.29, 1.82) is 0 Å². The number of halogens is 3. The molecule has 2 aromatic heterocycles. The van der Waals surface area contributed by atoms with Gasteiger partial charge in [0, 0.05) is 24.9 Å². The van der Waals surface area contributed by atoms with Crippen molar-refractivity contribution >= 4 is 16.7 Å². The van der Waals surface area contributed by atoms with E-state index in [1.807, 2.05) is 0 Å². The van der Waals surface area contributed by atoms with Crippen LogP contribution in [0.5, 0.6) is 5.75 Å². The van der Waals surface area contributed by atoms with Crippen LogP contribution in [0.3, 0.4) is 0 Å². The summed E-state index contributed by atoms with van der Waals surface area (Å²) >= 11 is 0. The third-order valence-corrected chi connectivity index (χ3v) is 4.79. The van der Waals surface area contributed by atoms with E-state index in [0.717, 1.165) is 21.4 Å². The van der Waals surface area contributed by atoms with Crippen LogP contribution in [0.25, 0.3) is 16.6 Å². The highest BCUT2D eigenvalue weighted by atomic mass is 19.4. The fraction of sp³-hybridized carbons (Fsp3) is 0.143. The number of aromatic amines is 1. The lowest BCUT2D eigenvalue weighted by molar-refractivity contribution is -0.274. The van der Waals surface area contributed by atoms with Crippen molar-refractivity contribution < 1.29 is 22.7 Å². The molecule has 32 heavy (non-hydrogen) atoms. The molecule has 0 aliphatic carbocycles. The molecule has 0 aliphatic rings. The maximum absolute atomic E-state index is 13.2. The van der Waals surface area contributed by atoms with Crippen molar-refractivity contribution in [2.75, 3.05) is 0 Å². The number of benzene rings is 2. The Bertz CT molecular complexity index is 1480. The number of alkyl halides is 3. The Morgan fingerprint density at radius 2 is 1.84 bits per heavy atom. The van der Waals surface area contributed by atoms with Gasteiger partial charge in [-0.05, 0) is 37.3 Å². The zero-order valence-corrected chi connectivity index (χ0v) is 16.7. The zero-order chi connectivity index (χ0) is 23.2. The molecular weight excluding hydrogens is 429 g/mol. The minimum absolute atomic E-state index is 0.0657. The monoisotopic (exact) mass is 444 g/mol. The first-order valence-electron chi connectivity index (χ1n) is 9.24. The van der Waals surface area contributed by atoms with E-state index >= 15 is 0 Å². The summed E-state index contributed by atoms with van der Waals surface area (Å²) in [5.41, 5.74) is -0.698. The molecule has 4 rings (SSSR count). The molecule has 0 fully saturated rings. The van der Waals surface area contributed by atoms with Gasteiger partial charge in [0.2, 0.25) is 0 Å². The van der Waals surface area contributed by atoms with Crippen LogP contribution in [0.4, 0.5) is 13.2 Å². The van der Waals surface area contributed by atoms with E-state index in [-0.39, 0.29) is 28.0 Å². The molecule has 0 saturated carbocycles. The van der Waals surface area contributed by atoms with Crippen LogP contribution in [0.1, 0.15) is 21.7 Å². The van der Waals surface area contributed by atoms with Crippen LogP contribution in [0.15, 0.2) is 58.3 Å². The van der Waals surface area contributed by atoms with E-state index in [0.29, 0.717) is 5.52 Å². The SMILES string of the molecule is Cc1nc2ccc(C(=O)c3c[nH]n(C)c3=O)cc2c(=O)n1-c1cccc(OC(F)(F)F)c1. The number of nitrogens with one attached hydrogen (secondary N) is 1. The highest BCUT2D eigenvalue weighted by Crippen LogP contribution is 2.25. The Kier molecular flexibility index (Phi) is 4.96. The normalized spacial score (nSPS) is 11.7. The van der Waals surface area contributed by atoms with Gasteiger partial charge in [0.15, 0.2) is 5.78 Å². The molecule has 0 unspecified atom stereocenters. The Hall–Kier alpha value is -4.15. The minimum atomic E-state index is -4.88. The van der Waals surface area contributed by atoms with Gasteiger partial charge in [-0.3, -0.25) is 23.6 Å². The van der Waals surface area contributed by atoms with Gasteiger partial charge in [-0.1, -0.05) is 6.07 Å². The molecule has 0 radical (unpaired) electrons. The standard InChI is InChI=1S/C21H15F3N4O4/c1-11-26-17-7-6-12(18(29)16-10-25-27(2)19(16)30)8-15(17)20(31)28(11)13-4-3-5-14(9-13)32-21(22,23)24/h3-10,25H,1-2H3. The van der Waals surface area contributed by atoms with E-state index < -0.39 is 29.0 Å². The number of fused-ring (bicyclic) bond motifs is 1. The fourth-order valence-electron chi connectivity index (χ4n) is 3.34. The smallest absolute Gasteiger partial charge is 0.406 e. The van der Waals surface area contributed by atoms with E-state index in [4.69, 9.17) is 0 Å². The quantitative estimate of drug-likeness (QED) is 0.488. The molecule has 0 amide bonds. The van der Waals surface area contributed by atoms with Gasteiger partial charge < -0.3 is 9.84 Å². The van der Waals surface area contributed by atoms with Crippen LogP contribution in [-0.4, -0.2) is 31.5 Å². The highest BCUT2D eigenvalue weighted by Gasteiger charge is 2.31. The zero-order valence-electron chi connectivity index (χ0n) is 16.7. The molecule has 8 nitrogen and oxygen atoms in total. The van der Waals surface area contributed by atoms with Crippen LogP contribution >= 0.6 is 0 Å². The summed E-state index contributed by atoms with van der Waals surface area (Å²) < 4.78 is 43.9. The number of ether oxygens (including phenoxy) is 1. The van der Waals surface area contributed by atoms with E-state index in [1.165, 1.54) is 50.5 Å². The maximum Gasteiger partial charge on any atom is 0.573 e. The third-order valence-electron chi connectivity index (χ3n) is 4.79. The Morgan fingerprint density at radius 3 is 2.50 bits per heavy atom. The first kappa shape index (κ1) is 21.1. The lowest BCUT2D eigenvalue weighted by Crippen LogP contribution is -2.23. The summed E-state index contributed by atoms with van der Waals surface area (Å²) in [5.74, 6) is -0.847. The molecule has 11 heteroatoms. The fourth-order valence-corrected chi connectivity index (χ4v) is 3.34. The topological polar surface area (TPSA) is 99.0 Å². The average Bonchev–Trinajstić information content (AvgIpc) is 3.05. The molecular formula is C21H15F3N4O4. The first-order chi connectivity index (χ1) is 15.0. The van der Waals surface area contributed by atoms with Crippen LogP contribution < -0.4 is 15.9 Å². The predicted molar refractivity (Wildman–Crippen MR) is 108 cm³/mol. The molecule has 1 N–H and O–H groups in total. The number of aryl methyl sites for hydroxylation is 2. The van der Waals surface area contributed by atoms with Gasteiger partial charge in [-0.2, -0.15) is 0 Å². The van der Waals surface area contributed by atoms with Crippen molar-refractivity contribution in [2.24, 2.45) is 7.05 Å². The lowest BCUT2D eigenvalue weighted by atomic mass is 10.0. The Labute approximate surface area is 177 Å². The summed E-state index contributed by atoms with van der Waals surface area (Å²) in [7, 11) is 1.46. The number of aromatic nitrogens is 4. The van der Waals surface area contributed by atoms with E-state index in [9.17, 15) is 27.6 Å². The number of carbonyl (C=O) groups excluding carboxylic acids is 1. The molecule has 0 saturated heterocycles. The van der Waals surface area contributed by atoms with Crippen molar-refractivity contribution in [3.8, 4) is 11.4 Å². The number of rotatable bonds is 4. The molecule has 4 aromatic rings. The summed E-state index contributed by atoms with van der Waals surface area (Å²) in [6.07, 6.45) is -3.61. The second kappa shape index (κ2) is 7.52. The number of hydrogen-bond donors (Lipinski definition) is 1. The van der Waals surface area contributed by atoms with E-state index in [1.54, 1.807) is 0 Å². The minimum Gasteiger partial charge on any atom is -0.406 e. The number of ketones is 1. The molecule has 0 spiro atoms. The Balaban J connectivity index is 1.85.